The first-order valence-electron chi connectivity index (χ1n) is 12.8. The number of anilines is 2. The zero-order chi connectivity index (χ0) is 29.2. The molecule has 4 aromatic rings. The van der Waals surface area contributed by atoms with Crippen molar-refractivity contribution in [2.45, 2.75) is 18.7 Å². The quantitative estimate of drug-likeness (QED) is 0.201. The Bertz CT molecular complexity index is 1600. The Morgan fingerprint density at radius 3 is 2.05 bits per heavy atom. The van der Waals surface area contributed by atoms with Gasteiger partial charge in [0.15, 0.2) is 6.61 Å². The summed E-state index contributed by atoms with van der Waals surface area (Å²) in [6.07, 6.45) is 1.42. The van der Waals surface area contributed by atoms with Crippen LogP contribution in [0.3, 0.4) is 0 Å². The number of carbonyl (C=O) groups excluding carboxylic acids is 2. The Hall–Kier alpha value is -4.96. The van der Waals surface area contributed by atoms with Gasteiger partial charge in [0.1, 0.15) is 12.3 Å². The topological polar surface area (TPSA) is 117 Å². The van der Waals surface area contributed by atoms with Crippen molar-refractivity contribution < 1.29 is 22.7 Å². The van der Waals surface area contributed by atoms with Crippen molar-refractivity contribution in [1.82, 2.24) is 5.43 Å². The van der Waals surface area contributed by atoms with Gasteiger partial charge in [-0.3, -0.25) is 13.9 Å². The zero-order valence-electron chi connectivity index (χ0n) is 22.7. The minimum Gasteiger partial charge on any atom is -0.484 e. The summed E-state index contributed by atoms with van der Waals surface area (Å²) in [5.41, 5.74) is 6.12. The molecule has 4 aromatic carbocycles. The third-order valence-electron chi connectivity index (χ3n) is 5.93. The molecule has 0 bridgehead atoms. The number of sulfonamides is 1. The van der Waals surface area contributed by atoms with Crippen molar-refractivity contribution in [3.05, 3.63) is 120 Å². The normalized spacial score (nSPS) is 11.2. The monoisotopic (exact) mass is 570 g/mol. The first kappa shape index (κ1) is 29.0. The molecule has 0 heterocycles. The van der Waals surface area contributed by atoms with Crippen LogP contribution in [0.25, 0.3) is 0 Å². The van der Waals surface area contributed by atoms with Gasteiger partial charge in [0, 0.05) is 5.69 Å². The molecule has 0 aromatic heterocycles. The molecule has 41 heavy (non-hydrogen) atoms. The maximum atomic E-state index is 13.4. The van der Waals surface area contributed by atoms with Crippen LogP contribution in [0.2, 0.25) is 0 Å². The van der Waals surface area contributed by atoms with E-state index in [0.29, 0.717) is 22.7 Å². The predicted molar refractivity (Wildman–Crippen MR) is 160 cm³/mol. The molecule has 0 saturated carbocycles. The van der Waals surface area contributed by atoms with Crippen molar-refractivity contribution in [3.63, 3.8) is 0 Å². The molecule has 0 unspecified atom stereocenters. The second-order valence-corrected chi connectivity index (χ2v) is 11.1. The van der Waals surface area contributed by atoms with E-state index in [1.165, 1.54) is 18.3 Å². The van der Waals surface area contributed by atoms with E-state index in [1.54, 1.807) is 66.7 Å². The highest BCUT2D eigenvalue weighted by molar-refractivity contribution is 7.92. The van der Waals surface area contributed by atoms with E-state index in [4.69, 9.17) is 4.74 Å². The predicted octanol–water partition coefficient (Wildman–Crippen LogP) is 4.67. The lowest BCUT2D eigenvalue weighted by Gasteiger charge is -2.23. The number of hydrazone groups is 1. The smallest absolute Gasteiger partial charge is 0.264 e. The van der Waals surface area contributed by atoms with Crippen LogP contribution in [0.15, 0.2) is 113 Å². The van der Waals surface area contributed by atoms with Gasteiger partial charge in [-0.2, -0.15) is 5.10 Å². The number of ether oxygens (including phenoxy) is 1. The van der Waals surface area contributed by atoms with Crippen molar-refractivity contribution in [3.8, 4) is 5.75 Å². The second kappa shape index (κ2) is 13.4. The van der Waals surface area contributed by atoms with Crippen LogP contribution in [0.1, 0.15) is 16.7 Å². The van der Waals surface area contributed by atoms with E-state index in [2.05, 4.69) is 15.8 Å². The van der Waals surface area contributed by atoms with Crippen LogP contribution >= 0.6 is 0 Å². The lowest BCUT2D eigenvalue weighted by atomic mass is 10.2. The lowest BCUT2D eigenvalue weighted by Crippen LogP contribution is -2.39. The number of hydrogen-bond donors (Lipinski definition) is 2. The van der Waals surface area contributed by atoms with E-state index in [-0.39, 0.29) is 17.4 Å². The summed E-state index contributed by atoms with van der Waals surface area (Å²) in [5, 5.41) is 6.73. The number of hydrogen-bond acceptors (Lipinski definition) is 6. The third kappa shape index (κ3) is 8.26. The number of nitrogens with zero attached hydrogens (tertiary/aromatic N) is 2. The fourth-order valence-electron chi connectivity index (χ4n) is 3.72. The molecule has 0 atom stereocenters. The Labute approximate surface area is 239 Å². The minimum absolute atomic E-state index is 0.0817. The maximum absolute atomic E-state index is 13.4. The van der Waals surface area contributed by atoms with Gasteiger partial charge < -0.3 is 10.1 Å². The van der Waals surface area contributed by atoms with E-state index in [0.717, 1.165) is 15.4 Å². The lowest BCUT2D eigenvalue weighted by molar-refractivity contribution is -0.119. The molecule has 2 N–H and O–H groups in total. The molecule has 0 saturated heterocycles. The van der Waals surface area contributed by atoms with Gasteiger partial charge in [-0.15, -0.1) is 0 Å². The standard InChI is InChI=1S/C31H30N4O5S/c1-23-8-14-26(15-9-23)33-31(37)22-40-28-16-12-25(13-17-28)20-32-34-30(36)21-35(27-6-4-3-5-7-27)41(38,39)29-18-10-24(2)11-19-29/h3-20H,21-22H2,1-2H3,(H,33,37)(H,34,36)/b32-20-. The summed E-state index contributed by atoms with van der Waals surface area (Å²) in [4.78, 5) is 24.9. The van der Waals surface area contributed by atoms with Crippen LogP contribution in [0, 0.1) is 13.8 Å². The van der Waals surface area contributed by atoms with Gasteiger partial charge in [-0.25, -0.2) is 13.8 Å². The van der Waals surface area contributed by atoms with Crippen LogP contribution in [0.5, 0.6) is 5.75 Å². The van der Waals surface area contributed by atoms with Crippen LogP contribution in [0.4, 0.5) is 11.4 Å². The van der Waals surface area contributed by atoms with Crippen molar-refractivity contribution in [2.24, 2.45) is 5.10 Å². The molecule has 4 rings (SSSR count). The fourth-order valence-corrected chi connectivity index (χ4v) is 5.15. The molecule has 0 aliphatic heterocycles. The highest BCUT2D eigenvalue weighted by Crippen LogP contribution is 2.23. The SMILES string of the molecule is Cc1ccc(NC(=O)COc2ccc(/C=N\NC(=O)CN(c3ccccc3)S(=O)(=O)c3ccc(C)cc3)cc2)cc1. The van der Waals surface area contributed by atoms with Crippen LogP contribution < -0.4 is 19.8 Å². The number of nitrogens with one attached hydrogen (secondary N) is 2. The number of aryl methyl sites for hydroxylation is 2. The average Bonchev–Trinajstić information content (AvgIpc) is 2.97. The van der Waals surface area contributed by atoms with E-state index >= 15 is 0 Å². The second-order valence-electron chi connectivity index (χ2n) is 9.23. The molecule has 2 amide bonds. The highest BCUT2D eigenvalue weighted by Gasteiger charge is 2.27. The molecular weight excluding hydrogens is 540 g/mol. The van der Waals surface area contributed by atoms with Gasteiger partial charge in [-0.1, -0.05) is 53.6 Å². The summed E-state index contributed by atoms with van der Waals surface area (Å²) in [6, 6.07) is 29.1. The molecule has 210 valence electrons. The zero-order valence-corrected chi connectivity index (χ0v) is 23.5. The first-order chi connectivity index (χ1) is 19.7. The number of rotatable bonds is 11. The molecule has 0 fully saturated rings. The van der Waals surface area contributed by atoms with Gasteiger partial charge in [0.25, 0.3) is 21.8 Å². The molecule has 0 aliphatic rings. The van der Waals surface area contributed by atoms with Crippen molar-refractivity contribution in [1.29, 1.82) is 0 Å². The summed E-state index contributed by atoms with van der Waals surface area (Å²) in [7, 11) is -4.00. The van der Waals surface area contributed by atoms with Crippen LogP contribution in [-0.2, 0) is 19.6 Å². The largest absolute Gasteiger partial charge is 0.484 e. The van der Waals surface area contributed by atoms with E-state index in [9.17, 15) is 18.0 Å². The summed E-state index contributed by atoms with van der Waals surface area (Å²) < 4.78 is 33.3. The number of amides is 2. The average molecular weight is 571 g/mol. The summed E-state index contributed by atoms with van der Waals surface area (Å²) in [5.74, 6) is -0.401. The molecule has 0 spiro atoms. The minimum atomic E-state index is -4.00. The number of para-hydroxylation sites is 1. The molecule has 0 radical (unpaired) electrons. The molecular formula is C31H30N4O5S. The van der Waals surface area contributed by atoms with E-state index < -0.39 is 22.5 Å². The molecule has 0 aliphatic carbocycles. The summed E-state index contributed by atoms with van der Waals surface area (Å²) >= 11 is 0. The Kier molecular flexibility index (Phi) is 9.49. The van der Waals surface area contributed by atoms with Crippen molar-refractivity contribution in [2.75, 3.05) is 22.8 Å². The van der Waals surface area contributed by atoms with Gasteiger partial charge in [0.2, 0.25) is 0 Å². The fraction of sp³-hybridized carbons (Fsp3) is 0.129. The Balaban J connectivity index is 1.32. The van der Waals surface area contributed by atoms with Gasteiger partial charge >= 0.3 is 0 Å². The maximum Gasteiger partial charge on any atom is 0.264 e. The van der Waals surface area contributed by atoms with Gasteiger partial charge in [0.05, 0.1) is 16.8 Å². The Morgan fingerprint density at radius 2 is 1.41 bits per heavy atom. The highest BCUT2D eigenvalue weighted by atomic mass is 32.2. The van der Waals surface area contributed by atoms with Gasteiger partial charge in [-0.05, 0) is 80.1 Å². The number of carbonyl (C=O) groups is 2. The first-order valence-corrected chi connectivity index (χ1v) is 14.2. The van der Waals surface area contributed by atoms with E-state index in [1.807, 2.05) is 38.1 Å². The molecule has 10 heteroatoms. The van der Waals surface area contributed by atoms with Crippen molar-refractivity contribution >= 4 is 39.4 Å². The number of benzene rings is 4. The Morgan fingerprint density at radius 1 is 0.805 bits per heavy atom. The molecule has 9 nitrogen and oxygen atoms in total. The van der Waals surface area contributed by atoms with Crippen LogP contribution in [-0.4, -0.2) is 39.6 Å². The summed E-state index contributed by atoms with van der Waals surface area (Å²) in [6.45, 7) is 3.22. The third-order valence-corrected chi connectivity index (χ3v) is 7.72.